The third-order valence-electron chi connectivity index (χ3n) is 1.68. The highest BCUT2D eigenvalue weighted by Gasteiger charge is 2.09. The maximum absolute atomic E-state index is 13.0. The second kappa shape index (κ2) is 5.62. The van der Waals surface area contributed by atoms with E-state index in [-0.39, 0.29) is 5.75 Å². The van der Waals surface area contributed by atoms with Crippen molar-refractivity contribution in [1.29, 1.82) is 0 Å². The predicted octanol–water partition coefficient (Wildman–Crippen LogP) is 2.64. The van der Waals surface area contributed by atoms with Crippen LogP contribution in [-0.4, -0.2) is 12.9 Å². The molecule has 15 heavy (non-hydrogen) atoms. The topological polar surface area (TPSA) is 9.23 Å². The summed E-state index contributed by atoms with van der Waals surface area (Å²) < 4.78 is 30.7. The fourth-order valence-electron chi connectivity index (χ4n) is 1.01. The van der Waals surface area contributed by atoms with Crippen molar-refractivity contribution < 1.29 is 13.5 Å². The van der Waals surface area contributed by atoms with Crippen molar-refractivity contribution in [2.45, 2.75) is 6.42 Å². The van der Waals surface area contributed by atoms with Gasteiger partial charge < -0.3 is 4.74 Å². The highest BCUT2D eigenvalue weighted by atomic mass is 32.1. The minimum atomic E-state index is -0.989. The fraction of sp³-hybridized carbons (Fsp3) is 0.273. The van der Waals surface area contributed by atoms with Gasteiger partial charge in [0.1, 0.15) is 0 Å². The number of methoxy groups -OCH3 is 1. The van der Waals surface area contributed by atoms with Gasteiger partial charge in [-0.05, 0) is 12.1 Å². The summed E-state index contributed by atoms with van der Waals surface area (Å²) in [5, 5.41) is 0. The number of hydrogen-bond donors (Lipinski definition) is 1. The summed E-state index contributed by atoms with van der Waals surface area (Å²) in [6.45, 7) is 0. The number of benzene rings is 1. The Morgan fingerprint density at radius 2 is 2.13 bits per heavy atom. The molecule has 0 aliphatic carbocycles. The van der Waals surface area contributed by atoms with E-state index in [1.54, 1.807) is 0 Å². The first kappa shape index (κ1) is 11.9. The van der Waals surface area contributed by atoms with Crippen molar-refractivity contribution in [2.24, 2.45) is 0 Å². The van der Waals surface area contributed by atoms with Crippen molar-refractivity contribution in [1.82, 2.24) is 0 Å². The van der Waals surface area contributed by atoms with Gasteiger partial charge in [-0.1, -0.05) is 11.8 Å². The lowest BCUT2D eigenvalue weighted by Gasteiger charge is -2.02. The maximum Gasteiger partial charge on any atom is 0.200 e. The van der Waals surface area contributed by atoms with Crippen LogP contribution in [0.25, 0.3) is 0 Å². The molecule has 0 spiro atoms. The second-order valence-corrected chi connectivity index (χ2v) is 3.20. The lowest BCUT2D eigenvalue weighted by Crippen LogP contribution is -1.93. The standard InChI is InChI=1S/C11H10F2OS/c1-14-10-7-8(4-2-3-5-15)6-9(12)11(10)13/h6-7,15H,3,5H2,1H3. The SMILES string of the molecule is COc1cc(C#CCCS)cc(F)c1F. The second-order valence-electron chi connectivity index (χ2n) is 2.75. The van der Waals surface area contributed by atoms with Crippen LogP contribution in [0, 0.1) is 23.5 Å². The van der Waals surface area contributed by atoms with E-state index in [0.29, 0.717) is 17.7 Å². The van der Waals surface area contributed by atoms with Crippen molar-refractivity contribution >= 4 is 12.6 Å². The third-order valence-corrected chi connectivity index (χ3v) is 1.91. The van der Waals surface area contributed by atoms with Crippen molar-refractivity contribution in [3.05, 3.63) is 29.3 Å². The molecule has 0 saturated heterocycles. The van der Waals surface area contributed by atoms with E-state index in [1.165, 1.54) is 13.2 Å². The molecule has 0 saturated carbocycles. The smallest absolute Gasteiger partial charge is 0.200 e. The molecule has 0 aliphatic heterocycles. The lowest BCUT2D eigenvalue weighted by molar-refractivity contribution is 0.371. The van der Waals surface area contributed by atoms with Crippen LogP contribution >= 0.6 is 12.6 Å². The number of ether oxygens (including phenoxy) is 1. The van der Waals surface area contributed by atoms with Crippen molar-refractivity contribution in [2.75, 3.05) is 12.9 Å². The number of halogens is 2. The molecular weight excluding hydrogens is 218 g/mol. The first-order valence-electron chi connectivity index (χ1n) is 4.31. The first-order chi connectivity index (χ1) is 7.19. The molecule has 1 nitrogen and oxygen atoms in total. The molecule has 0 aromatic heterocycles. The van der Waals surface area contributed by atoms with E-state index in [9.17, 15) is 8.78 Å². The number of rotatable bonds is 2. The predicted molar refractivity (Wildman–Crippen MR) is 58.3 cm³/mol. The quantitative estimate of drug-likeness (QED) is 0.604. The maximum atomic E-state index is 13.0. The Morgan fingerprint density at radius 3 is 2.73 bits per heavy atom. The molecule has 0 fully saturated rings. The van der Waals surface area contributed by atoms with Crippen LogP contribution < -0.4 is 4.74 Å². The molecule has 0 amide bonds. The van der Waals surface area contributed by atoms with E-state index in [0.717, 1.165) is 6.07 Å². The zero-order valence-corrected chi connectivity index (χ0v) is 9.07. The number of thiol groups is 1. The molecule has 0 heterocycles. The zero-order chi connectivity index (χ0) is 11.3. The van der Waals surface area contributed by atoms with Crippen molar-refractivity contribution in [3.8, 4) is 17.6 Å². The summed E-state index contributed by atoms with van der Waals surface area (Å²) in [6.07, 6.45) is 0.602. The Kier molecular flexibility index (Phi) is 4.44. The highest BCUT2D eigenvalue weighted by molar-refractivity contribution is 7.80. The van der Waals surface area contributed by atoms with Crippen LogP contribution in [0.5, 0.6) is 5.75 Å². The van der Waals surface area contributed by atoms with Gasteiger partial charge in [0.05, 0.1) is 7.11 Å². The summed E-state index contributed by atoms with van der Waals surface area (Å²) in [4.78, 5) is 0. The number of hydrogen-bond acceptors (Lipinski definition) is 2. The third kappa shape index (κ3) is 3.14. The molecule has 80 valence electrons. The molecule has 1 aromatic carbocycles. The molecule has 0 aliphatic rings. The summed E-state index contributed by atoms with van der Waals surface area (Å²) in [6, 6.07) is 2.41. The van der Waals surface area contributed by atoms with Gasteiger partial charge in [0, 0.05) is 17.7 Å². The van der Waals surface area contributed by atoms with Crippen LogP contribution in [0.2, 0.25) is 0 Å². The van der Waals surface area contributed by atoms with Gasteiger partial charge in [-0.2, -0.15) is 17.0 Å². The average molecular weight is 228 g/mol. The van der Waals surface area contributed by atoms with Crippen LogP contribution in [0.3, 0.4) is 0 Å². The molecule has 1 rings (SSSR count). The molecule has 0 unspecified atom stereocenters. The van der Waals surface area contributed by atoms with E-state index in [1.807, 2.05) is 0 Å². The van der Waals surface area contributed by atoms with Crippen molar-refractivity contribution in [3.63, 3.8) is 0 Å². The van der Waals surface area contributed by atoms with E-state index >= 15 is 0 Å². The van der Waals surface area contributed by atoms with Crippen LogP contribution in [0.15, 0.2) is 12.1 Å². The highest BCUT2D eigenvalue weighted by Crippen LogP contribution is 2.21. The Balaban J connectivity index is 3.02. The van der Waals surface area contributed by atoms with Gasteiger partial charge in [0.15, 0.2) is 11.6 Å². The minimum Gasteiger partial charge on any atom is -0.494 e. The van der Waals surface area contributed by atoms with Gasteiger partial charge in [0.2, 0.25) is 5.82 Å². The molecule has 0 bridgehead atoms. The molecular formula is C11H10F2OS. The van der Waals surface area contributed by atoms with E-state index in [2.05, 4.69) is 29.2 Å². The van der Waals surface area contributed by atoms with Crippen LogP contribution in [-0.2, 0) is 0 Å². The Bertz CT molecular complexity index is 407. The monoisotopic (exact) mass is 228 g/mol. The van der Waals surface area contributed by atoms with Gasteiger partial charge >= 0.3 is 0 Å². The Morgan fingerprint density at radius 1 is 1.40 bits per heavy atom. The minimum absolute atomic E-state index is 0.134. The fourth-order valence-corrected chi connectivity index (χ4v) is 1.12. The summed E-state index contributed by atoms with van der Waals surface area (Å²) >= 11 is 3.98. The Labute approximate surface area is 92.9 Å². The largest absolute Gasteiger partial charge is 0.494 e. The summed E-state index contributed by atoms with van der Waals surface area (Å²) in [5.74, 6) is 4.04. The lowest BCUT2D eigenvalue weighted by atomic mass is 10.2. The van der Waals surface area contributed by atoms with Gasteiger partial charge in [-0.15, -0.1) is 0 Å². The van der Waals surface area contributed by atoms with Gasteiger partial charge in [0.25, 0.3) is 0 Å². The summed E-state index contributed by atoms with van der Waals surface area (Å²) in [5.41, 5.74) is 0.396. The summed E-state index contributed by atoms with van der Waals surface area (Å²) in [7, 11) is 1.28. The normalized spacial score (nSPS) is 9.33. The van der Waals surface area contributed by atoms with Crippen LogP contribution in [0.1, 0.15) is 12.0 Å². The zero-order valence-electron chi connectivity index (χ0n) is 8.18. The van der Waals surface area contributed by atoms with Gasteiger partial charge in [-0.3, -0.25) is 0 Å². The van der Waals surface area contributed by atoms with Gasteiger partial charge in [-0.25, -0.2) is 4.39 Å². The van der Waals surface area contributed by atoms with E-state index in [4.69, 9.17) is 0 Å². The van der Waals surface area contributed by atoms with E-state index < -0.39 is 11.6 Å². The average Bonchev–Trinajstić information content (AvgIpc) is 2.23. The van der Waals surface area contributed by atoms with Crippen LogP contribution in [0.4, 0.5) is 8.78 Å². The molecule has 0 N–H and O–H groups in total. The molecule has 4 heteroatoms. The first-order valence-corrected chi connectivity index (χ1v) is 4.95. The molecule has 0 atom stereocenters. The molecule has 1 aromatic rings. The molecule has 0 radical (unpaired) electrons. The Hall–Kier alpha value is -1.21.